The number of ether oxygens (including phenoxy) is 2. The molecule has 0 aliphatic carbocycles. The predicted octanol–water partition coefficient (Wildman–Crippen LogP) is 1.49. The van der Waals surface area contributed by atoms with Crippen LogP contribution in [0.4, 0.5) is 5.69 Å². The minimum atomic E-state index is -0.592. The van der Waals surface area contributed by atoms with Crippen molar-refractivity contribution >= 4 is 24.1 Å². The first kappa shape index (κ1) is 20.1. The zero-order chi connectivity index (χ0) is 16.8. The molecule has 9 heteroatoms. The summed E-state index contributed by atoms with van der Waals surface area (Å²) in [6.07, 6.45) is 2.04. The van der Waals surface area contributed by atoms with Gasteiger partial charge in [0, 0.05) is 25.2 Å². The number of carbonyl (C=O) groups is 1. The van der Waals surface area contributed by atoms with Crippen molar-refractivity contribution in [3.05, 3.63) is 33.9 Å². The molecule has 2 N–H and O–H groups in total. The summed E-state index contributed by atoms with van der Waals surface area (Å²) >= 11 is 0. The summed E-state index contributed by atoms with van der Waals surface area (Å²) in [7, 11) is 1.23. The van der Waals surface area contributed by atoms with Gasteiger partial charge in [0.2, 0.25) is 0 Å². The highest BCUT2D eigenvalue weighted by molar-refractivity contribution is 5.85. The Morgan fingerprint density at radius 2 is 2.25 bits per heavy atom. The lowest BCUT2D eigenvalue weighted by atomic mass is 10.1. The lowest BCUT2D eigenvalue weighted by Gasteiger charge is -2.30. The van der Waals surface area contributed by atoms with Gasteiger partial charge in [-0.05, 0) is 31.0 Å². The average Bonchev–Trinajstić information content (AvgIpc) is 2.53. The lowest BCUT2D eigenvalue weighted by molar-refractivity contribution is -0.385. The van der Waals surface area contributed by atoms with E-state index < -0.39 is 10.9 Å². The topological polar surface area (TPSA) is 108 Å². The van der Waals surface area contributed by atoms with E-state index in [4.69, 9.17) is 10.5 Å². The molecular weight excluding hydrogens is 338 g/mol. The Hall–Kier alpha value is -1.90. The second kappa shape index (κ2) is 9.41. The summed E-state index contributed by atoms with van der Waals surface area (Å²) in [6, 6.07) is 4.91. The highest BCUT2D eigenvalue weighted by atomic mass is 35.5. The molecule has 134 valence electrons. The van der Waals surface area contributed by atoms with Crippen molar-refractivity contribution in [2.24, 2.45) is 5.73 Å². The van der Waals surface area contributed by atoms with Crippen molar-refractivity contribution in [1.82, 2.24) is 4.90 Å². The molecule has 0 unspecified atom stereocenters. The fourth-order valence-corrected chi connectivity index (χ4v) is 2.61. The molecule has 1 fully saturated rings. The summed E-state index contributed by atoms with van der Waals surface area (Å²) in [6.45, 7) is 1.96. The van der Waals surface area contributed by atoms with Crippen LogP contribution in [-0.2, 0) is 16.1 Å². The van der Waals surface area contributed by atoms with Gasteiger partial charge in [-0.3, -0.25) is 15.0 Å². The number of rotatable bonds is 6. The molecule has 1 saturated heterocycles. The number of esters is 1. The van der Waals surface area contributed by atoms with Crippen LogP contribution in [0.2, 0.25) is 0 Å². The smallest absolute Gasteiger partial charge is 0.343 e. The molecule has 1 aromatic carbocycles. The Labute approximate surface area is 146 Å². The SMILES string of the molecule is COC(=O)COc1ccc(CN2CCC[C@@H](N)C2)cc1[N+](=O)[O-].Cl. The third-order valence-electron chi connectivity index (χ3n) is 3.74. The quantitative estimate of drug-likeness (QED) is 0.465. The van der Waals surface area contributed by atoms with E-state index in [2.05, 4.69) is 9.64 Å². The molecule has 2 rings (SSSR count). The average molecular weight is 360 g/mol. The van der Waals surface area contributed by atoms with Gasteiger partial charge in [-0.15, -0.1) is 12.4 Å². The van der Waals surface area contributed by atoms with E-state index in [1.54, 1.807) is 6.07 Å². The monoisotopic (exact) mass is 359 g/mol. The number of hydrogen-bond acceptors (Lipinski definition) is 7. The summed E-state index contributed by atoms with van der Waals surface area (Å²) in [5.41, 5.74) is 6.60. The Morgan fingerprint density at radius 1 is 1.50 bits per heavy atom. The summed E-state index contributed by atoms with van der Waals surface area (Å²) in [4.78, 5) is 24.0. The standard InChI is InChI=1S/C15H21N3O5.ClH/c1-22-15(19)10-23-14-5-4-11(7-13(14)18(20)21)8-17-6-2-3-12(16)9-17;/h4-5,7,12H,2-3,6,8-10,16H2,1H3;1H/t12-;/m1./s1. The van der Waals surface area contributed by atoms with Gasteiger partial charge in [0.05, 0.1) is 12.0 Å². The second-order valence-electron chi connectivity index (χ2n) is 5.56. The van der Waals surface area contributed by atoms with Crippen molar-refractivity contribution in [1.29, 1.82) is 0 Å². The van der Waals surface area contributed by atoms with Crippen LogP contribution in [0.5, 0.6) is 5.75 Å². The van der Waals surface area contributed by atoms with E-state index >= 15 is 0 Å². The van der Waals surface area contributed by atoms with Gasteiger partial charge in [0.25, 0.3) is 0 Å². The van der Waals surface area contributed by atoms with Crippen LogP contribution in [0.3, 0.4) is 0 Å². The van der Waals surface area contributed by atoms with Gasteiger partial charge in [-0.25, -0.2) is 4.79 Å². The molecule has 1 aliphatic heterocycles. The number of nitro benzene ring substituents is 1. The number of nitrogens with zero attached hydrogens (tertiary/aromatic N) is 2. The maximum absolute atomic E-state index is 11.2. The lowest BCUT2D eigenvalue weighted by Crippen LogP contribution is -2.42. The molecule has 1 heterocycles. The molecule has 8 nitrogen and oxygen atoms in total. The summed E-state index contributed by atoms with van der Waals surface area (Å²) in [5.74, 6) is -0.537. The molecule has 0 radical (unpaired) electrons. The van der Waals surface area contributed by atoms with E-state index in [1.165, 1.54) is 19.2 Å². The Morgan fingerprint density at radius 3 is 2.88 bits per heavy atom. The molecule has 1 aromatic rings. The molecule has 0 spiro atoms. The number of hydrogen-bond donors (Lipinski definition) is 1. The zero-order valence-corrected chi connectivity index (χ0v) is 14.3. The molecule has 1 aliphatic rings. The molecule has 0 amide bonds. The van der Waals surface area contributed by atoms with Gasteiger partial charge in [-0.2, -0.15) is 0 Å². The molecule has 0 bridgehead atoms. The number of methoxy groups -OCH3 is 1. The van der Waals surface area contributed by atoms with Crippen molar-refractivity contribution in [2.75, 3.05) is 26.8 Å². The third-order valence-corrected chi connectivity index (χ3v) is 3.74. The van der Waals surface area contributed by atoms with Crippen LogP contribution in [0.15, 0.2) is 18.2 Å². The summed E-state index contributed by atoms with van der Waals surface area (Å²) in [5, 5.41) is 11.2. The Balaban J connectivity index is 0.00000288. The zero-order valence-electron chi connectivity index (χ0n) is 13.5. The van der Waals surface area contributed by atoms with Crippen LogP contribution < -0.4 is 10.5 Å². The van der Waals surface area contributed by atoms with E-state index in [0.717, 1.165) is 31.5 Å². The first-order valence-electron chi connectivity index (χ1n) is 7.44. The van der Waals surface area contributed by atoms with Crippen molar-refractivity contribution in [3.8, 4) is 5.75 Å². The maximum atomic E-state index is 11.2. The molecule has 1 atom stereocenters. The third kappa shape index (κ3) is 5.63. The number of nitrogens with two attached hydrogens (primary N) is 1. The van der Waals surface area contributed by atoms with Crippen LogP contribution in [0, 0.1) is 10.1 Å². The molecule has 0 saturated carbocycles. The van der Waals surface area contributed by atoms with E-state index in [0.29, 0.717) is 6.54 Å². The number of likely N-dealkylation sites (tertiary alicyclic amines) is 1. The Kier molecular flexibility index (Phi) is 7.90. The number of piperidine rings is 1. The fraction of sp³-hybridized carbons (Fsp3) is 0.533. The molecule has 0 aromatic heterocycles. The van der Waals surface area contributed by atoms with E-state index in [9.17, 15) is 14.9 Å². The van der Waals surface area contributed by atoms with E-state index in [1.807, 2.05) is 0 Å². The number of nitro groups is 1. The molecular formula is C15H22ClN3O5. The first-order valence-corrected chi connectivity index (χ1v) is 7.44. The summed E-state index contributed by atoms with van der Waals surface area (Å²) < 4.78 is 9.62. The van der Waals surface area contributed by atoms with Gasteiger partial charge >= 0.3 is 11.7 Å². The van der Waals surface area contributed by atoms with Gasteiger partial charge in [0.15, 0.2) is 12.4 Å². The minimum Gasteiger partial charge on any atom is -0.475 e. The molecule has 24 heavy (non-hydrogen) atoms. The van der Waals surface area contributed by atoms with Gasteiger partial charge in [-0.1, -0.05) is 6.07 Å². The van der Waals surface area contributed by atoms with Crippen molar-refractivity contribution in [3.63, 3.8) is 0 Å². The van der Waals surface area contributed by atoms with Gasteiger partial charge in [0.1, 0.15) is 0 Å². The van der Waals surface area contributed by atoms with Gasteiger partial charge < -0.3 is 15.2 Å². The van der Waals surface area contributed by atoms with Crippen LogP contribution in [0.25, 0.3) is 0 Å². The van der Waals surface area contributed by atoms with Crippen LogP contribution in [0.1, 0.15) is 18.4 Å². The Bertz CT molecular complexity index is 584. The minimum absolute atomic E-state index is 0. The second-order valence-corrected chi connectivity index (χ2v) is 5.56. The van der Waals surface area contributed by atoms with Crippen molar-refractivity contribution < 1.29 is 19.2 Å². The number of halogens is 1. The van der Waals surface area contributed by atoms with Crippen molar-refractivity contribution in [2.45, 2.75) is 25.4 Å². The number of carbonyl (C=O) groups excluding carboxylic acids is 1. The number of benzene rings is 1. The van der Waals surface area contributed by atoms with Crippen LogP contribution in [-0.4, -0.2) is 48.6 Å². The highest BCUT2D eigenvalue weighted by Gasteiger charge is 2.20. The largest absolute Gasteiger partial charge is 0.475 e. The highest BCUT2D eigenvalue weighted by Crippen LogP contribution is 2.28. The normalized spacial score (nSPS) is 17.7. The fourth-order valence-electron chi connectivity index (χ4n) is 2.61. The predicted molar refractivity (Wildman–Crippen MR) is 90.3 cm³/mol. The van der Waals surface area contributed by atoms with E-state index in [-0.39, 0.29) is 36.5 Å². The maximum Gasteiger partial charge on any atom is 0.343 e. The van der Waals surface area contributed by atoms with Crippen LogP contribution >= 0.6 is 12.4 Å². The first-order chi connectivity index (χ1) is 11.0.